The van der Waals surface area contributed by atoms with E-state index >= 15 is 0 Å². The number of fused-ring (bicyclic) bond motifs is 1. The summed E-state index contributed by atoms with van der Waals surface area (Å²) in [5.74, 6) is 1.10. The smallest absolute Gasteiger partial charge is 0.235 e. The van der Waals surface area contributed by atoms with Crippen LogP contribution in [0.3, 0.4) is 0 Å². The van der Waals surface area contributed by atoms with Crippen LogP contribution in [0.4, 0.5) is 5.82 Å². The molecule has 2 aromatic heterocycles. The van der Waals surface area contributed by atoms with E-state index in [9.17, 15) is 13.2 Å². The van der Waals surface area contributed by atoms with Crippen LogP contribution in [0.15, 0.2) is 6.20 Å². The first-order chi connectivity index (χ1) is 12.2. The summed E-state index contributed by atoms with van der Waals surface area (Å²) in [6.45, 7) is 3.87. The van der Waals surface area contributed by atoms with E-state index < -0.39 is 9.84 Å². The van der Waals surface area contributed by atoms with Crippen LogP contribution in [0.2, 0.25) is 0 Å². The Labute approximate surface area is 156 Å². The van der Waals surface area contributed by atoms with Crippen LogP contribution < -0.4 is 5.32 Å². The van der Waals surface area contributed by atoms with E-state index in [1.165, 1.54) is 0 Å². The number of thioether (sulfide) groups is 1. The van der Waals surface area contributed by atoms with Crippen molar-refractivity contribution in [3.63, 3.8) is 0 Å². The van der Waals surface area contributed by atoms with Crippen molar-refractivity contribution in [2.24, 2.45) is 7.05 Å². The first-order valence-corrected chi connectivity index (χ1v) is 11.3. The minimum atomic E-state index is -3.04. The molecule has 1 amide bonds. The maximum absolute atomic E-state index is 12.3. The molecule has 4 rings (SSSR count). The van der Waals surface area contributed by atoms with Gasteiger partial charge in [0, 0.05) is 24.4 Å². The summed E-state index contributed by atoms with van der Waals surface area (Å²) in [6.07, 6.45) is 2.50. The van der Waals surface area contributed by atoms with Gasteiger partial charge in [-0.25, -0.2) is 13.1 Å². The van der Waals surface area contributed by atoms with Crippen LogP contribution in [0, 0.1) is 13.8 Å². The molecule has 1 N–H and O–H groups in total. The molecule has 0 spiro atoms. The van der Waals surface area contributed by atoms with Gasteiger partial charge in [-0.05, 0) is 20.3 Å². The molecule has 2 atom stereocenters. The van der Waals surface area contributed by atoms with Gasteiger partial charge in [-0.3, -0.25) is 9.48 Å². The maximum atomic E-state index is 12.3. The summed E-state index contributed by atoms with van der Waals surface area (Å²) in [7, 11) is -1.17. The molecule has 2 aliphatic rings. The second kappa shape index (κ2) is 6.12. The van der Waals surface area contributed by atoms with E-state index in [1.54, 1.807) is 21.1 Å². The lowest BCUT2D eigenvalue weighted by atomic mass is 10.0. The van der Waals surface area contributed by atoms with Gasteiger partial charge in [-0.2, -0.15) is 10.2 Å². The van der Waals surface area contributed by atoms with E-state index in [2.05, 4.69) is 15.5 Å². The third-order valence-electron chi connectivity index (χ3n) is 4.92. The Morgan fingerprint density at radius 2 is 2.04 bits per heavy atom. The zero-order valence-corrected chi connectivity index (χ0v) is 16.5. The van der Waals surface area contributed by atoms with Gasteiger partial charge in [0.25, 0.3) is 0 Å². The van der Waals surface area contributed by atoms with Gasteiger partial charge in [0.15, 0.2) is 9.84 Å². The minimum Gasteiger partial charge on any atom is -0.310 e. The van der Waals surface area contributed by atoms with Crippen molar-refractivity contribution >= 4 is 33.3 Å². The van der Waals surface area contributed by atoms with Crippen molar-refractivity contribution < 1.29 is 13.2 Å². The molecule has 10 heteroatoms. The summed E-state index contributed by atoms with van der Waals surface area (Å²) in [5, 5.41) is 12.0. The molecule has 26 heavy (non-hydrogen) atoms. The van der Waals surface area contributed by atoms with Gasteiger partial charge >= 0.3 is 0 Å². The third-order valence-corrected chi connectivity index (χ3v) is 7.92. The lowest BCUT2D eigenvalue weighted by Crippen LogP contribution is -2.20. The first kappa shape index (κ1) is 17.6. The summed E-state index contributed by atoms with van der Waals surface area (Å²) in [4.78, 5) is 12.3. The summed E-state index contributed by atoms with van der Waals surface area (Å²) >= 11 is 1.55. The van der Waals surface area contributed by atoms with Crippen LogP contribution in [0.25, 0.3) is 0 Å². The molecule has 1 saturated heterocycles. The Morgan fingerprint density at radius 3 is 2.65 bits per heavy atom. The van der Waals surface area contributed by atoms with Crippen molar-refractivity contribution in [1.82, 2.24) is 19.6 Å². The van der Waals surface area contributed by atoms with Gasteiger partial charge in [-0.15, -0.1) is 11.8 Å². The fraction of sp³-hybridized carbons (Fsp3) is 0.562. The third kappa shape index (κ3) is 2.94. The van der Waals surface area contributed by atoms with Crippen LogP contribution >= 0.6 is 11.8 Å². The van der Waals surface area contributed by atoms with Crippen LogP contribution in [-0.4, -0.2) is 51.1 Å². The fourth-order valence-electron chi connectivity index (χ4n) is 3.76. The normalized spacial score (nSPS) is 25.0. The van der Waals surface area contributed by atoms with E-state index in [0.717, 1.165) is 22.5 Å². The zero-order chi connectivity index (χ0) is 18.6. The number of rotatable bonds is 2. The van der Waals surface area contributed by atoms with Crippen molar-refractivity contribution in [3.8, 4) is 0 Å². The highest BCUT2D eigenvalue weighted by Crippen LogP contribution is 2.45. The van der Waals surface area contributed by atoms with Crippen molar-refractivity contribution in [1.29, 1.82) is 0 Å². The SMILES string of the molecule is Cc1nn(C)cc1C1SCC(=O)Nc2c1c(C)nn2C1CCS(=O)(=O)C1. The Hall–Kier alpha value is -1.81. The maximum Gasteiger partial charge on any atom is 0.235 e. The van der Waals surface area contributed by atoms with Crippen molar-refractivity contribution in [3.05, 3.63) is 28.7 Å². The quantitative estimate of drug-likeness (QED) is 0.825. The number of sulfone groups is 1. The summed E-state index contributed by atoms with van der Waals surface area (Å²) in [6, 6.07) is -0.235. The molecule has 2 unspecified atom stereocenters. The number of amides is 1. The number of aromatic nitrogens is 4. The monoisotopic (exact) mass is 395 g/mol. The number of hydrogen-bond donors (Lipinski definition) is 1. The Bertz CT molecular complexity index is 992. The predicted octanol–water partition coefficient (Wildman–Crippen LogP) is 1.37. The Kier molecular flexibility index (Phi) is 4.14. The molecule has 0 radical (unpaired) electrons. The van der Waals surface area contributed by atoms with Gasteiger partial charge in [0.1, 0.15) is 5.82 Å². The van der Waals surface area contributed by atoms with E-state index in [4.69, 9.17) is 0 Å². The highest BCUT2D eigenvalue weighted by atomic mass is 32.2. The van der Waals surface area contributed by atoms with Crippen molar-refractivity contribution in [2.45, 2.75) is 31.6 Å². The van der Waals surface area contributed by atoms with E-state index in [1.807, 2.05) is 27.1 Å². The second-order valence-electron chi connectivity index (χ2n) is 6.93. The molecular formula is C16H21N5O3S2. The molecule has 8 nitrogen and oxygen atoms in total. The molecule has 0 saturated carbocycles. The average molecular weight is 396 g/mol. The number of aryl methyl sites for hydroxylation is 3. The topological polar surface area (TPSA) is 98.9 Å². The molecule has 0 aromatic carbocycles. The largest absolute Gasteiger partial charge is 0.310 e. The van der Waals surface area contributed by atoms with Crippen LogP contribution in [0.1, 0.15) is 40.2 Å². The number of anilines is 1. The van der Waals surface area contributed by atoms with Gasteiger partial charge in [0.05, 0.1) is 39.9 Å². The minimum absolute atomic E-state index is 0.0654. The highest BCUT2D eigenvalue weighted by Gasteiger charge is 2.36. The molecular weight excluding hydrogens is 374 g/mol. The number of carbonyl (C=O) groups excluding carboxylic acids is 1. The van der Waals surface area contributed by atoms with Gasteiger partial charge < -0.3 is 5.32 Å². The number of hydrogen-bond acceptors (Lipinski definition) is 6. The zero-order valence-electron chi connectivity index (χ0n) is 14.9. The molecule has 2 aromatic rings. The average Bonchev–Trinajstić information content (AvgIpc) is 3.13. The number of nitrogens with zero attached hydrogens (tertiary/aromatic N) is 4. The Morgan fingerprint density at radius 1 is 1.27 bits per heavy atom. The lowest BCUT2D eigenvalue weighted by molar-refractivity contribution is -0.113. The standard InChI is InChI=1S/C16H21N5O3S2/c1-9-12(6-20(3)18-9)15-14-10(2)19-21(11-4-5-26(23,24)8-11)16(14)17-13(22)7-25-15/h6,11,15H,4-5,7-8H2,1-3H3,(H,17,22). The highest BCUT2D eigenvalue weighted by molar-refractivity contribution is 8.00. The fourth-order valence-corrected chi connectivity index (χ4v) is 6.70. The molecule has 140 valence electrons. The molecule has 0 bridgehead atoms. The molecule has 1 fully saturated rings. The first-order valence-electron chi connectivity index (χ1n) is 8.46. The molecule has 4 heterocycles. The lowest BCUT2D eigenvalue weighted by Gasteiger charge is -2.16. The van der Waals surface area contributed by atoms with Crippen molar-refractivity contribution in [2.75, 3.05) is 22.6 Å². The predicted molar refractivity (Wildman–Crippen MR) is 100 cm³/mol. The second-order valence-corrected chi connectivity index (χ2v) is 10.3. The molecule has 0 aliphatic carbocycles. The van der Waals surface area contributed by atoms with E-state index in [-0.39, 0.29) is 28.7 Å². The molecule has 2 aliphatic heterocycles. The summed E-state index contributed by atoms with van der Waals surface area (Å²) < 4.78 is 27.3. The van der Waals surface area contributed by atoms with Gasteiger partial charge in [0.2, 0.25) is 5.91 Å². The van der Waals surface area contributed by atoms with Crippen LogP contribution in [0.5, 0.6) is 0 Å². The summed E-state index contributed by atoms with van der Waals surface area (Å²) in [5.41, 5.74) is 3.73. The Balaban J connectivity index is 1.84. The van der Waals surface area contributed by atoms with Gasteiger partial charge in [-0.1, -0.05) is 0 Å². The number of nitrogens with one attached hydrogen (secondary N) is 1. The van der Waals surface area contributed by atoms with Crippen LogP contribution in [-0.2, 0) is 21.7 Å². The number of carbonyl (C=O) groups is 1. The van der Waals surface area contributed by atoms with E-state index in [0.29, 0.717) is 18.0 Å².